The maximum atomic E-state index is 13.0. The van der Waals surface area contributed by atoms with Crippen LogP contribution in [0, 0.1) is 0 Å². The maximum Gasteiger partial charge on any atom is 0.338 e. The van der Waals surface area contributed by atoms with Crippen LogP contribution in [0.1, 0.15) is 42.8 Å². The monoisotopic (exact) mass is 403 g/mol. The van der Waals surface area contributed by atoms with Gasteiger partial charge in [-0.25, -0.2) is 13.2 Å². The van der Waals surface area contributed by atoms with Crippen molar-refractivity contribution in [3.8, 4) is 0 Å². The predicted octanol–water partition coefficient (Wildman–Crippen LogP) is 3.40. The van der Waals surface area contributed by atoms with Gasteiger partial charge in [0, 0.05) is 13.1 Å². The highest BCUT2D eigenvalue weighted by Gasteiger charge is 2.32. The van der Waals surface area contributed by atoms with E-state index in [0.717, 1.165) is 5.56 Å². The van der Waals surface area contributed by atoms with Crippen molar-refractivity contribution in [1.29, 1.82) is 0 Å². The third-order valence-electron chi connectivity index (χ3n) is 4.65. The minimum atomic E-state index is -3.72. The zero-order chi connectivity index (χ0) is 20.3. The van der Waals surface area contributed by atoms with E-state index in [0.29, 0.717) is 0 Å². The first-order valence-corrected chi connectivity index (χ1v) is 10.7. The third kappa shape index (κ3) is 4.60. The molecule has 0 N–H and O–H groups in total. The zero-order valence-electron chi connectivity index (χ0n) is 16.2. The highest BCUT2D eigenvalue weighted by molar-refractivity contribution is 7.89. The van der Waals surface area contributed by atoms with Gasteiger partial charge in [0.15, 0.2) is 0 Å². The molecule has 0 aliphatic carbocycles. The first kappa shape index (κ1) is 20.5. The summed E-state index contributed by atoms with van der Waals surface area (Å²) in [4.78, 5) is 12.6. The lowest BCUT2D eigenvalue weighted by molar-refractivity contribution is -0.0440. The van der Waals surface area contributed by atoms with Crippen LogP contribution in [0.2, 0.25) is 0 Å². The van der Waals surface area contributed by atoms with Gasteiger partial charge in [-0.1, -0.05) is 36.4 Å². The van der Waals surface area contributed by atoms with Crippen LogP contribution in [0.5, 0.6) is 0 Å². The van der Waals surface area contributed by atoms with Gasteiger partial charge in [0.1, 0.15) is 6.10 Å². The lowest BCUT2D eigenvalue weighted by Gasteiger charge is -2.34. The van der Waals surface area contributed by atoms with Gasteiger partial charge < -0.3 is 9.47 Å². The Morgan fingerprint density at radius 1 is 1.07 bits per heavy atom. The molecule has 1 saturated heterocycles. The standard InChI is InChI=1S/C21H25NO5S/c1-15-13-22(14-16(2)26-15)28(24,25)20-11-7-10-19(12-20)21(23)27-17(3)18-8-5-4-6-9-18/h4-12,15-17H,13-14H2,1-3H3/t15-,16-,17+/m1/s1. The number of carbonyl (C=O) groups is 1. The Morgan fingerprint density at radius 2 is 1.71 bits per heavy atom. The van der Waals surface area contributed by atoms with E-state index in [9.17, 15) is 13.2 Å². The van der Waals surface area contributed by atoms with Crippen LogP contribution in [0.4, 0.5) is 0 Å². The highest BCUT2D eigenvalue weighted by Crippen LogP contribution is 2.23. The van der Waals surface area contributed by atoms with E-state index in [1.807, 2.05) is 44.2 Å². The van der Waals surface area contributed by atoms with Crippen molar-refractivity contribution in [2.24, 2.45) is 0 Å². The number of benzene rings is 2. The van der Waals surface area contributed by atoms with Crippen molar-refractivity contribution in [2.75, 3.05) is 13.1 Å². The van der Waals surface area contributed by atoms with Crippen molar-refractivity contribution in [2.45, 2.75) is 44.0 Å². The van der Waals surface area contributed by atoms with Gasteiger partial charge in [-0.15, -0.1) is 0 Å². The number of morpholine rings is 1. The van der Waals surface area contributed by atoms with Gasteiger partial charge in [0.2, 0.25) is 10.0 Å². The van der Waals surface area contributed by atoms with Crippen LogP contribution < -0.4 is 0 Å². The lowest BCUT2D eigenvalue weighted by Crippen LogP contribution is -2.48. The average molecular weight is 404 g/mol. The molecule has 150 valence electrons. The molecule has 0 radical (unpaired) electrons. The molecule has 1 fully saturated rings. The molecular formula is C21H25NO5S. The number of hydrogen-bond donors (Lipinski definition) is 0. The van der Waals surface area contributed by atoms with Gasteiger partial charge in [0.25, 0.3) is 0 Å². The molecule has 2 aromatic rings. The molecule has 28 heavy (non-hydrogen) atoms. The molecule has 7 heteroatoms. The second-order valence-corrected chi connectivity index (χ2v) is 9.00. The van der Waals surface area contributed by atoms with Gasteiger partial charge >= 0.3 is 5.97 Å². The fraction of sp³-hybridized carbons (Fsp3) is 0.381. The van der Waals surface area contributed by atoms with Crippen LogP contribution in [-0.4, -0.2) is 44.0 Å². The Morgan fingerprint density at radius 3 is 2.36 bits per heavy atom. The molecule has 0 amide bonds. The van der Waals surface area contributed by atoms with Crippen molar-refractivity contribution in [3.05, 3.63) is 65.7 Å². The molecule has 2 aromatic carbocycles. The van der Waals surface area contributed by atoms with Crippen LogP contribution >= 0.6 is 0 Å². The summed E-state index contributed by atoms with van der Waals surface area (Å²) in [6.07, 6.45) is -0.799. The first-order valence-electron chi connectivity index (χ1n) is 9.29. The van der Waals surface area contributed by atoms with E-state index in [1.54, 1.807) is 19.1 Å². The fourth-order valence-corrected chi connectivity index (χ4v) is 4.92. The first-order chi connectivity index (χ1) is 13.3. The normalized spacial score (nSPS) is 21.8. The molecule has 0 aromatic heterocycles. The number of rotatable bonds is 5. The van der Waals surface area contributed by atoms with Crippen LogP contribution in [-0.2, 0) is 19.5 Å². The summed E-state index contributed by atoms with van der Waals surface area (Å²) in [5.41, 5.74) is 1.08. The van der Waals surface area contributed by atoms with E-state index < -0.39 is 22.1 Å². The summed E-state index contributed by atoms with van der Waals surface area (Å²) in [5, 5.41) is 0. The van der Waals surface area contributed by atoms with Crippen LogP contribution in [0.15, 0.2) is 59.5 Å². The van der Waals surface area contributed by atoms with E-state index in [2.05, 4.69) is 0 Å². The van der Waals surface area contributed by atoms with Crippen LogP contribution in [0.25, 0.3) is 0 Å². The molecular weight excluding hydrogens is 378 g/mol. The second-order valence-electron chi connectivity index (χ2n) is 7.07. The van der Waals surface area contributed by atoms with E-state index >= 15 is 0 Å². The molecule has 1 heterocycles. The van der Waals surface area contributed by atoms with E-state index in [1.165, 1.54) is 16.4 Å². The molecule has 3 rings (SSSR count). The Bertz CT molecular complexity index is 919. The number of nitrogens with zero attached hydrogens (tertiary/aromatic N) is 1. The molecule has 1 aliphatic heterocycles. The topological polar surface area (TPSA) is 72.9 Å². The fourth-order valence-electron chi connectivity index (χ4n) is 3.28. The molecule has 0 spiro atoms. The smallest absolute Gasteiger partial charge is 0.338 e. The maximum absolute atomic E-state index is 13.0. The number of carbonyl (C=O) groups excluding carboxylic acids is 1. The Hall–Kier alpha value is -2.22. The largest absolute Gasteiger partial charge is 0.454 e. The van der Waals surface area contributed by atoms with Crippen molar-refractivity contribution in [3.63, 3.8) is 0 Å². The summed E-state index contributed by atoms with van der Waals surface area (Å²) in [7, 11) is -3.72. The van der Waals surface area contributed by atoms with Gasteiger partial charge in [-0.05, 0) is 44.5 Å². The summed E-state index contributed by atoms with van der Waals surface area (Å²) in [6, 6.07) is 15.4. The lowest BCUT2D eigenvalue weighted by atomic mass is 10.1. The van der Waals surface area contributed by atoms with Crippen molar-refractivity contribution >= 4 is 16.0 Å². The van der Waals surface area contributed by atoms with Crippen LogP contribution in [0.3, 0.4) is 0 Å². The van der Waals surface area contributed by atoms with Gasteiger partial charge in [-0.2, -0.15) is 4.31 Å². The minimum Gasteiger partial charge on any atom is -0.454 e. The SMILES string of the molecule is C[C@@H]1CN(S(=O)(=O)c2cccc(C(=O)O[C@@H](C)c3ccccc3)c2)C[C@@H](C)O1. The number of esters is 1. The van der Waals surface area contributed by atoms with Crippen molar-refractivity contribution < 1.29 is 22.7 Å². The zero-order valence-corrected chi connectivity index (χ0v) is 17.1. The molecule has 0 unspecified atom stereocenters. The Kier molecular flexibility index (Phi) is 6.17. The molecule has 0 bridgehead atoms. The predicted molar refractivity (Wildman–Crippen MR) is 105 cm³/mol. The molecule has 1 aliphatic rings. The molecule has 3 atom stereocenters. The number of sulfonamides is 1. The summed E-state index contributed by atoms with van der Waals surface area (Å²) in [6.45, 7) is 6.04. The summed E-state index contributed by atoms with van der Waals surface area (Å²) < 4.78 is 38.6. The highest BCUT2D eigenvalue weighted by atomic mass is 32.2. The quantitative estimate of drug-likeness (QED) is 0.716. The molecule has 0 saturated carbocycles. The Labute approximate surface area is 166 Å². The second kappa shape index (κ2) is 8.43. The summed E-state index contributed by atoms with van der Waals surface area (Å²) in [5.74, 6) is -0.558. The van der Waals surface area contributed by atoms with Gasteiger partial charge in [-0.3, -0.25) is 0 Å². The van der Waals surface area contributed by atoms with Crippen molar-refractivity contribution in [1.82, 2.24) is 4.31 Å². The van der Waals surface area contributed by atoms with E-state index in [-0.39, 0.29) is 35.8 Å². The summed E-state index contributed by atoms with van der Waals surface area (Å²) >= 11 is 0. The number of ether oxygens (including phenoxy) is 2. The number of hydrogen-bond acceptors (Lipinski definition) is 5. The average Bonchev–Trinajstić information content (AvgIpc) is 2.68. The Balaban J connectivity index is 1.78. The minimum absolute atomic E-state index is 0.0793. The third-order valence-corrected chi connectivity index (χ3v) is 6.47. The van der Waals surface area contributed by atoms with Gasteiger partial charge in [0.05, 0.1) is 22.7 Å². The van der Waals surface area contributed by atoms with E-state index in [4.69, 9.17) is 9.47 Å². The molecule has 6 nitrogen and oxygen atoms in total.